The maximum Gasteiger partial charge on any atom is 0.312 e. The van der Waals surface area contributed by atoms with Crippen molar-refractivity contribution in [2.75, 3.05) is 31.2 Å². The number of amides is 2. The summed E-state index contributed by atoms with van der Waals surface area (Å²) in [5, 5.41) is 9.88. The molecular formula is C29H37ClN2O6. The van der Waals surface area contributed by atoms with Crippen LogP contribution in [0.3, 0.4) is 0 Å². The van der Waals surface area contributed by atoms with Gasteiger partial charge in [-0.1, -0.05) is 23.8 Å². The van der Waals surface area contributed by atoms with Gasteiger partial charge < -0.3 is 24.4 Å². The summed E-state index contributed by atoms with van der Waals surface area (Å²) in [7, 11) is 0. The van der Waals surface area contributed by atoms with Crippen LogP contribution in [0.1, 0.15) is 44.9 Å². The standard InChI is InChI=1S/C29H37ClN2O6/c1-3-5-6-9-19-37-28(36)23-22-14-15-29(38-22)24(23)26(34)32(17-7-8-18-33)25(29)27(35)31(16-4-2)21-12-10-20(30)11-13-21/h3-4,10-13,22-25,33H,1-2,5-9,14-19H2/t22-,23+,24-,25?,29?/m0/s1. The number of hydrogen-bond donors (Lipinski definition) is 1. The Hall–Kier alpha value is -2.68. The molecule has 5 atom stereocenters. The van der Waals surface area contributed by atoms with Gasteiger partial charge in [0.1, 0.15) is 11.6 Å². The Kier molecular flexibility index (Phi) is 9.28. The number of ether oxygens (including phenoxy) is 2. The molecular weight excluding hydrogens is 508 g/mol. The molecule has 1 aromatic rings. The minimum Gasteiger partial charge on any atom is -0.465 e. The van der Waals surface area contributed by atoms with Crippen molar-refractivity contribution in [1.29, 1.82) is 0 Å². The predicted octanol–water partition coefficient (Wildman–Crippen LogP) is 3.91. The van der Waals surface area contributed by atoms with E-state index < -0.39 is 35.6 Å². The number of aliphatic hydroxyl groups is 1. The number of unbranched alkanes of at least 4 members (excludes halogenated alkanes) is 3. The molecule has 38 heavy (non-hydrogen) atoms. The molecule has 0 aromatic heterocycles. The van der Waals surface area contributed by atoms with E-state index in [2.05, 4.69) is 13.2 Å². The van der Waals surface area contributed by atoms with Crippen LogP contribution in [-0.4, -0.2) is 71.8 Å². The summed E-state index contributed by atoms with van der Waals surface area (Å²) in [6.45, 7) is 8.30. The largest absolute Gasteiger partial charge is 0.465 e. The molecule has 3 heterocycles. The molecule has 3 fully saturated rings. The Morgan fingerprint density at radius 2 is 1.95 bits per heavy atom. The molecule has 9 heteroatoms. The van der Waals surface area contributed by atoms with E-state index in [1.807, 2.05) is 6.08 Å². The van der Waals surface area contributed by atoms with Crippen LogP contribution in [0.2, 0.25) is 5.02 Å². The van der Waals surface area contributed by atoms with Gasteiger partial charge in [0.25, 0.3) is 5.91 Å². The van der Waals surface area contributed by atoms with Gasteiger partial charge in [-0.2, -0.15) is 0 Å². The minimum atomic E-state index is -1.10. The van der Waals surface area contributed by atoms with E-state index in [1.165, 1.54) is 0 Å². The van der Waals surface area contributed by atoms with Crippen LogP contribution in [0.5, 0.6) is 0 Å². The number of anilines is 1. The number of carbonyl (C=O) groups excluding carboxylic acids is 3. The molecule has 0 radical (unpaired) electrons. The normalized spacial score (nSPS) is 27.3. The van der Waals surface area contributed by atoms with Gasteiger partial charge in [-0.3, -0.25) is 14.4 Å². The first-order chi connectivity index (χ1) is 18.4. The van der Waals surface area contributed by atoms with Crippen molar-refractivity contribution >= 4 is 35.1 Å². The predicted molar refractivity (Wildman–Crippen MR) is 145 cm³/mol. The first-order valence-electron chi connectivity index (χ1n) is 13.4. The van der Waals surface area contributed by atoms with Crippen LogP contribution >= 0.6 is 11.6 Å². The number of hydrogen-bond acceptors (Lipinski definition) is 6. The Morgan fingerprint density at radius 1 is 1.18 bits per heavy atom. The average Bonchev–Trinajstić information content (AvgIpc) is 3.55. The zero-order valence-corrected chi connectivity index (χ0v) is 22.5. The van der Waals surface area contributed by atoms with Crippen LogP contribution in [0.4, 0.5) is 5.69 Å². The van der Waals surface area contributed by atoms with E-state index in [4.69, 9.17) is 21.1 Å². The number of likely N-dealkylation sites (tertiary alicyclic amines) is 1. The van der Waals surface area contributed by atoms with Crippen molar-refractivity contribution in [1.82, 2.24) is 4.90 Å². The van der Waals surface area contributed by atoms with Crippen LogP contribution in [-0.2, 0) is 23.9 Å². The van der Waals surface area contributed by atoms with E-state index >= 15 is 0 Å². The topological polar surface area (TPSA) is 96.4 Å². The van der Waals surface area contributed by atoms with Crippen LogP contribution in [0.25, 0.3) is 0 Å². The molecule has 2 amide bonds. The Morgan fingerprint density at radius 3 is 2.63 bits per heavy atom. The van der Waals surface area contributed by atoms with Gasteiger partial charge in [0, 0.05) is 30.4 Å². The van der Waals surface area contributed by atoms with Crippen molar-refractivity contribution in [3.8, 4) is 0 Å². The maximum absolute atomic E-state index is 14.3. The molecule has 0 saturated carbocycles. The van der Waals surface area contributed by atoms with E-state index in [1.54, 1.807) is 40.1 Å². The molecule has 8 nitrogen and oxygen atoms in total. The number of fused-ring (bicyclic) bond motifs is 1. The Bertz CT molecular complexity index is 1050. The molecule has 206 valence electrons. The van der Waals surface area contributed by atoms with Crippen molar-refractivity contribution in [2.45, 2.75) is 62.7 Å². The van der Waals surface area contributed by atoms with Crippen molar-refractivity contribution < 1.29 is 29.0 Å². The van der Waals surface area contributed by atoms with Gasteiger partial charge in [-0.25, -0.2) is 0 Å². The van der Waals surface area contributed by atoms with Crippen LogP contribution in [0, 0.1) is 11.8 Å². The fraction of sp³-hybridized carbons (Fsp3) is 0.552. The van der Waals surface area contributed by atoms with Gasteiger partial charge in [-0.15, -0.1) is 13.2 Å². The first kappa shape index (κ1) is 28.3. The van der Waals surface area contributed by atoms with Gasteiger partial charge in [0.2, 0.25) is 5.91 Å². The summed E-state index contributed by atoms with van der Waals surface area (Å²) >= 11 is 6.08. The molecule has 1 aromatic carbocycles. The molecule has 3 aliphatic rings. The highest BCUT2D eigenvalue weighted by atomic mass is 35.5. The van der Waals surface area contributed by atoms with E-state index in [-0.39, 0.29) is 38.1 Å². The average molecular weight is 545 g/mol. The zero-order chi connectivity index (χ0) is 27.3. The lowest BCUT2D eigenvalue weighted by Crippen LogP contribution is -2.56. The number of esters is 1. The molecule has 1 N–H and O–H groups in total. The third-order valence-electron chi connectivity index (χ3n) is 7.88. The third kappa shape index (κ3) is 5.26. The van der Waals surface area contributed by atoms with Gasteiger partial charge >= 0.3 is 5.97 Å². The summed E-state index contributed by atoms with van der Waals surface area (Å²) in [6, 6.07) is 6.03. The molecule has 2 bridgehead atoms. The SMILES string of the molecule is C=CCCCCOC(=O)[C@@H]1[C@@H]2CCC3(O2)C(C(=O)N(CC=C)c2ccc(Cl)cc2)N(CCCCO)C(=O)[C@H]13. The fourth-order valence-electron chi connectivity index (χ4n) is 6.21. The molecule has 1 spiro atoms. The summed E-state index contributed by atoms with van der Waals surface area (Å²) < 4.78 is 12.1. The van der Waals surface area contributed by atoms with Gasteiger partial charge in [0.15, 0.2) is 0 Å². The number of rotatable bonds is 14. The summed E-state index contributed by atoms with van der Waals surface area (Å²) in [6.07, 6.45) is 7.54. The number of allylic oxidation sites excluding steroid dienone is 1. The van der Waals surface area contributed by atoms with Crippen molar-refractivity contribution in [3.63, 3.8) is 0 Å². The maximum atomic E-state index is 14.3. The number of benzene rings is 1. The van der Waals surface area contributed by atoms with E-state index in [9.17, 15) is 19.5 Å². The number of aliphatic hydroxyl groups excluding tert-OH is 1. The highest BCUT2D eigenvalue weighted by molar-refractivity contribution is 6.30. The highest BCUT2D eigenvalue weighted by Gasteiger charge is 2.75. The van der Waals surface area contributed by atoms with Gasteiger partial charge in [0.05, 0.1) is 24.5 Å². The van der Waals surface area contributed by atoms with Crippen molar-refractivity contribution in [2.24, 2.45) is 11.8 Å². The fourth-order valence-corrected chi connectivity index (χ4v) is 6.34. The second-order valence-corrected chi connectivity index (χ2v) is 10.6. The quantitative estimate of drug-likeness (QED) is 0.217. The van der Waals surface area contributed by atoms with Crippen molar-refractivity contribution in [3.05, 3.63) is 54.6 Å². The summed E-state index contributed by atoms with van der Waals surface area (Å²) in [5.74, 6) is -2.49. The first-order valence-corrected chi connectivity index (χ1v) is 13.8. The second-order valence-electron chi connectivity index (χ2n) is 10.2. The molecule has 4 rings (SSSR count). The van der Waals surface area contributed by atoms with Crippen LogP contribution in [0.15, 0.2) is 49.6 Å². The highest BCUT2D eigenvalue weighted by Crippen LogP contribution is 2.59. The monoisotopic (exact) mass is 544 g/mol. The Balaban J connectivity index is 1.64. The van der Waals surface area contributed by atoms with Crippen LogP contribution < -0.4 is 4.90 Å². The molecule has 0 aliphatic carbocycles. The van der Waals surface area contributed by atoms with E-state index in [0.29, 0.717) is 42.8 Å². The van der Waals surface area contributed by atoms with E-state index in [0.717, 1.165) is 12.8 Å². The number of carbonyl (C=O) groups is 3. The lowest BCUT2D eigenvalue weighted by molar-refractivity contribution is -0.155. The summed E-state index contributed by atoms with van der Waals surface area (Å²) in [4.78, 5) is 44.6. The van der Waals surface area contributed by atoms with Gasteiger partial charge in [-0.05, 0) is 69.2 Å². The lowest BCUT2D eigenvalue weighted by Gasteiger charge is -2.36. The Labute approximate surface area is 229 Å². The second kappa shape index (κ2) is 12.5. The lowest BCUT2D eigenvalue weighted by atomic mass is 9.70. The molecule has 2 unspecified atom stereocenters. The third-order valence-corrected chi connectivity index (χ3v) is 8.13. The molecule has 3 aliphatic heterocycles. The minimum absolute atomic E-state index is 0.0119. The molecule has 3 saturated heterocycles. The smallest absolute Gasteiger partial charge is 0.312 e. The number of halogens is 1. The number of nitrogens with zero attached hydrogens (tertiary/aromatic N) is 2. The zero-order valence-electron chi connectivity index (χ0n) is 21.7. The summed E-state index contributed by atoms with van der Waals surface area (Å²) in [5.41, 5.74) is -0.471.